The van der Waals surface area contributed by atoms with E-state index in [1.807, 2.05) is 18.5 Å². The van der Waals surface area contributed by atoms with Gasteiger partial charge in [-0.3, -0.25) is 5.43 Å². The van der Waals surface area contributed by atoms with Crippen LogP contribution in [0.25, 0.3) is 0 Å². The van der Waals surface area contributed by atoms with Crippen LogP contribution in [0.15, 0.2) is 18.5 Å². The van der Waals surface area contributed by atoms with Crippen LogP contribution in [0.3, 0.4) is 0 Å². The number of hydrogen-bond acceptors (Lipinski definition) is 2. The zero-order valence-electron chi connectivity index (χ0n) is 7.58. The number of amides is 2. The lowest BCUT2D eigenvalue weighted by atomic mass is 10.2. The Bertz CT molecular complexity index is 257. The third-order valence-electron chi connectivity index (χ3n) is 1.87. The predicted molar refractivity (Wildman–Crippen MR) is 49.8 cm³/mol. The second-order valence-electron chi connectivity index (χ2n) is 2.84. The van der Waals surface area contributed by atoms with Gasteiger partial charge >= 0.3 is 6.03 Å². The molecule has 5 nitrogen and oxygen atoms in total. The van der Waals surface area contributed by atoms with E-state index in [1.54, 1.807) is 7.05 Å². The molecule has 72 valence electrons. The van der Waals surface area contributed by atoms with Crippen LogP contribution in [0.1, 0.15) is 5.56 Å². The number of carbonyl (C=O) groups is 1. The molecule has 0 saturated carbocycles. The molecule has 0 radical (unpaired) electrons. The van der Waals surface area contributed by atoms with Gasteiger partial charge in [-0.2, -0.15) is 0 Å². The average Bonchev–Trinajstić information content (AvgIpc) is 2.65. The van der Waals surface area contributed by atoms with E-state index in [0.717, 1.165) is 6.42 Å². The fourth-order valence-electron chi connectivity index (χ4n) is 1.02. The number of H-pyrrole nitrogens is 1. The molecule has 0 saturated heterocycles. The van der Waals surface area contributed by atoms with Crippen molar-refractivity contribution < 1.29 is 4.79 Å². The average molecular weight is 182 g/mol. The Kier molecular flexibility index (Phi) is 3.33. The van der Waals surface area contributed by atoms with Gasteiger partial charge in [-0.1, -0.05) is 0 Å². The Morgan fingerprint density at radius 3 is 3.08 bits per heavy atom. The first-order valence-electron chi connectivity index (χ1n) is 4.07. The summed E-state index contributed by atoms with van der Waals surface area (Å²) in [4.78, 5) is 15.4. The smallest absolute Gasteiger partial charge is 0.331 e. The number of hydrogen-bond donors (Lipinski definition) is 3. The number of aromatic amines is 1. The molecule has 0 aliphatic carbocycles. The van der Waals surface area contributed by atoms with Crippen LogP contribution in [-0.4, -0.2) is 29.5 Å². The van der Waals surface area contributed by atoms with Gasteiger partial charge in [-0.25, -0.2) is 10.6 Å². The van der Waals surface area contributed by atoms with E-state index in [1.165, 1.54) is 10.5 Å². The molecule has 0 fully saturated rings. The van der Waals surface area contributed by atoms with Gasteiger partial charge in [0.1, 0.15) is 0 Å². The first kappa shape index (κ1) is 9.60. The first-order valence-corrected chi connectivity index (χ1v) is 4.07. The van der Waals surface area contributed by atoms with Gasteiger partial charge in [0, 0.05) is 26.0 Å². The number of rotatable bonds is 3. The van der Waals surface area contributed by atoms with Crippen LogP contribution in [0, 0.1) is 0 Å². The van der Waals surface area contributed by atoms with Crippen LogP contribution in [0.2, 0.25) is 0 Å². The van der Waals surface area contributed by atoms with Crippen molar-refractivity contribution in [2.75, 3.05) is 13.6 Å². The normalized spacial score (nSPS) is 9.69. The van der Waals surface area contributed by atoms with E-state index >= 15 is 0 Å². The molecular weight excluding hydrogens is 168 g/mol. The van der Waals surface area contributed by atoms with E-state index in [0.29, 0.717) is 6.54 Å². The zero-order chi connectivity index (χ0) is 9.68. The molecule has 1 rings (SSSR count). The van der Waals surface area contributed by atoms with Gasteiger partial charge in [-0.15, -0.1) is 0 Å². The number of urea groups is 1. The summed E-state index contributed by atoms with van der Waals surface area (Å²) in [6.07, 6.45) is 4.60. The third kappa shape index (κ3) is 2.79. The number of likely N-dealkylation sites (N-methyl/N-ethyl adjacent to an activating group) is 1. The molecule has 1 aromatic rings. The number of carbonyl (C=O) groups excluding carboxylic acids is 1. The van der Waals surface area contributed by atoms with E-state index in [9.17, 15) is 4.79 Å². The van der Waals surface area contributed by atoms with E-state index < -0.39 is 0 Å². The maximum absolute atomic E-state index is 11.0. The summed E-state index contributed by atoms with van der Waals surface area (Å²) >= 11 is 0. The van der Waals surface area contributed by atoms with Crippen LogP contribution in [0.5, 0.6) is 0 Å². The highest BCUT2D eigenvalue weighted by Crippen LogP contribution is 1.98. The largest absolute Gasteiger partial charge is 0.367 e. The maximum atomic E-state index is 11.0. The highest BCUT2D eigenvalue weighted by molar-refractivity contribution is 5.73. The van der Waals surface area contributed by atoms with E-state index in [2.05, 4.69) is 10.4 Å². The van der Waals surface area contributed by atoms with Crippen molar-refractivity contribution >= 4 is 6.03 Å². The summed E-state index contributed by atoms with van der Waals surface area (Å²) in [5.74, 6) is 4.97. The van der Waals surface area contributed by atoms with Gasteiger partial charge in [0.25, 0.3) is 0 Å². The van der Waals surface area contributed by atoms with Gasteiger partial charge in [0.05, 0.1) is 0 Å². The topological polar surface area (TPSA) is 74.2 Å². The number of nitrogens with zero attached hydrogens (tertiary/aromatic N) is 1. The molecular formula is C8H14N4O. The lowest BCUT2D eigenvalue weighted by Gasteiger charge is -2.15. The minimum atomic E-state index is -0.268. The molecule has 0 bridgehead atoms. The summed E-state index contributed by atoms with van der Waals surface area (Å²) in [6.45, 7) is 0.654. The quantitative estimate of drug-likeness (QED) is 0.351. The zero-order valence-corrected chi connectivity index (χ0v) is 7.58. The first-order chi connectivity index (χ1) is 6.24. The minimum Gasteiger partial charge on any atom is -0.367 e. The lowest BCUT2D eigenvalue weighted by molar-refractivity contribution is 0.209. The molecule has 0 unspecified atom stereocenters. The standard InChI is InChI=1S/C8H14N4O/c1-12(8(13)11-9)5-3-7-2-4-10-6-7/h2,4,6,10H,3,5,9H2,1H3,(H,11,13). The molecule has 0 spiro atoms. The SMILES string of the molecule is CN(CCc1cc[nH]c1)C(=O)NN. The van der Waals surface area contributed by atoms with E-state index in [4.69, 9.17) is 5.84 Å². The number of nitrogens with one attached hydrogen (secondary N) is 2. The molecule has 1 aromatic heterocycles. The molecule has 4 N–H and O–H groups in total. The maximum Gasteiger partial charge on any atom is 0.331 e. The Morgan fingerprint density at radius 1 is 1.77 bits per heavy atom. The third-order valence-corrected chi connectivity index (χ3v) is 1.87. The summed E-state index contributed by atoms with van der Waals surface area (Å²) in [5.41, 5.74) is 3.25. The Hall–Kier alpha value is -1.49. The Morgan fingerprint density at radius 2 is 2.54 bits per heavy atom. The van der Waals surface area contributed by atoms with E-state index in [-0.39, 0.29) is 6.03 Å². The van der Waals surface area contributed by atoms with Crippen molar-refractivity contribution in [3.63, 3.8) is 0 Å². The van der Waals surface area contributed by atoms with Crippen molar-refractivity contribution in [1.29, 1.82) is 0 Å². The molecule has 2 amide bonds. The van der Waals surface area contributed by atoms with Crippen LogP contribution >= 0.6 is 0 Å². The summed E-state index contributed by atoms with van der Waals surface area (Å²) < 4.78 is 0. The minimum absolute atomic E-state index is 0.268. The van der Waals surface area contributed by atoms with Gasteiger partial charge < -0.3 is 9.88 Å². The van der Waals surface area contributed by atoms with Gasteiger partial charge in [0.15, 0.2) is 0 Å². The lowest BCUT2D eigenvalue weighted by Crippen LogP contribution is -2.41. The predicted octanol–water partition coefficient (Wildman–Crippen LogP) is 0.0723. The van der Waals surface area contributed by atoms with Gasteiger partial charge in [0.2, 0.25) is 0 Å². The molecule has 0 aliphatic heterocycles. The van der Waals surface area contributed by atoms with Crippen molar-refractivity contribution in [1.82, 2.24) is 15.3 Å². The molecule has 1 heterocycles. The number of aromatic nitrogens is 1. The van der Waals surface area contributed by atoms with Crippen molar-refractivity contribution in [3.05, 3.63) is 24.0 Å². The van der Waals surface area contributed by atoms with Crippen molar-refractivity contribution in [2.45, 2.75) is 6.42 Å². The second-order valence-corrected chi connectivity index (χ2v) is 2.84. The molecule has 0 aliphatic rings. The Balaban J connectivity index is 2.30. The summed E-state index contributed by atoms with van der Waals surface area (Å²) in [5, 5.41) is 0. The summed E-state index contributed by atoms with van der Waals surface area (Å²) in [6, 6.07) is 1.71. The van der Waals surface area contributed by atoms with Crippen molar-refractivity contribution in [2.24, 2.45) is 5.84 Å². The highest BCUT2D eigenvalue weighted by atomic mass is 16.2. The molecule has 5 heteroatoms. The molecule has 0 atom stereocenters. The van der Waals surface area contributed by atoms with Crippen LogP contribution < -0.4 is 11.3 Å². The number of hydrazine groups is 1. The Labute approximate surface area is 76.9 Å². The fourth-order valence-corrected chi connectivity index (χ4v) is 1.02. The second kappa shape index (κ2) is 4.51. The monoisotopic (exact) mass is 182 g/mol. The van der Waals surface area contributed by atoms with Crippen LogP contribution in [0.4, 0.5) is 4.79 Å². The van der Waals surface area contributed by atoms with Gasteiger partial charge in [-0.05, 0) is 18.1 Å². The fraction of sp³-hybridized carbons (Fsp3) is 0.375. The summed E-state index contributed by atoms with van der Waals surface area (Å²) in [7, 11) is 1.70. The highest BCUT2D eigenvalue weighted by Gasteiger charge is 2.05. The molecule has 13 heavy (non-hydrogen) atoms. The molecule has 0 aromatic carbocycles. The number of nitrogens with two attached hydrogens (primary N) is 1. The van der Waals surface area contributed by atoms with Crippen molar-refractivity contribution in [3.8, 4) is 0 Å². The van der Waals surface area contributed by atoms with Crippen LogP contribution in [-0.2, 0) is 6.42 Å².